The first-order valence-electron chi connectivity index (χ1n) is 9.96. The van der Waals surface area contributed by atoms with Crippen molar-refractivity contribution in [3.63, 3.8) is 0 Å². The molecule has 0 saturated heterocycles. The monoisotopic (exact) mass is 417 g/mol. The molecule has 0 bridgehead atoms. The minimum atomic E-state index is -0.937. The highest BCUT2D eigenvalue weighted by Gasteiger charge is 2.35. The van der Waals surface area contributed by atoms with Gasteiger partial charge in [-0.1, -0.05) is 29.8 Å². The van der Waals surface area contributed by atoms with Gasteiger partial charge < -0.3 is 16.0 Å². The number of fused-ring (bicyclic) bond motifs is 1. The number of nitrogens with zero attached hydrogens (tertiary/aromatic N) is 1. The number of amides is 2. The maximum Gasteiger partial charge on any atom is 0.258 e. The van der Waals surface area contributed by atoms with E-state index >= 15 is 0 Å². The molecule has 0 aliphatic carbocycles. The molecule has 1 aliphatic rings. The van der Waals surface area contributed by atoms with Crippen LogP contribution in [0, 0.1) is 20.8 Å². The molecule has 2 heterocycles. The van der Waals surface area contributed by atoms with E-state index in [-0.39, 0.29) is 29.7 Å². The summed E-state index contributed by atoms with van der Waals surface area (Å²) in [6.45, 7) is 5.78. The molecule has 3 aromatic rings. The van der Waals surface area contributed by atoms with Gasteiger partial charge in [-0.25, -0.2) is 0 Å². The fourth-order valence-corrected chi connectivity index (χ4v) is 3.52. The number of carbonyl (C=O) groups is 2. The standard InChI is InChI=1S/C23H23N5O3/c1-12-5-8-15(9-6-12)24-23-27-20-19(22(31)28-23)16(11-18(29)26-20)21(30)25-17-10-13(2)4-7-14(17)3/h4-10,16H,11H2,1-3H3,(H,25,30)(H3,24,26,27,28,29,31)/t16-/m1/s1. The van der Waals surface area contributed by atoms with Gasteiger partial charge in [0.2, 0.25) is 17.8 Å². The molecular weight excluding hydrogens is 394 g/mol. The number of anilines is 4. The lowest BCUT2D eigenvalue weighted by atomic mass is 9.92. The highest BCUT2D eigenvalue weighted by atomic mass is 16.2. The van der Waals surface area contributed by atoms with Crippen LogP contribution < -0.4 is 21.5 Å². The number of hydrogen-bond donors (Lipinski definition) is 4. The van der Waals surface area contributed by atoms with Crippen molar-refractivity contribution in [3.05, 3.63) is 75.1 Å². The number of aromatic amines is 1. The van der Waals surface area contributed by atoms with Crippen molar-refractivity contribution >= 4 is 35.0 Å². The lowest BCUT2D eigenvalue weighted by molar-refractivity contribution is -0.123. The first-order chi connectivity index (χ1) is 14.8. The molecule has 4 rings (SSSR count). The third kappa shape index (κ3) is 4.32. The van der Waals surface area contributed by atoms with Crippen LogP contribution in [-0.4, -0.2) is 21.8 Å². The summed E-state index contributed by atoms with van der Waals surface area (Å²) >= 11 is 0. The number of nitrogens with one attached hydrogen (secondary N) is 4. The van der Waals surface area contributed by atoms with Crippen molar-refractivity contribution in [2.75, 3.05) is 16.0 Å². The van der Waals surface area contributed by atoms with Crippen LogP contribution in [0.4, 0.5) is 23.1 Å². The first kappa shape index (κ1) is 20.3. The van der Waals surface area contributed by atoms with Crippen LogP contribution in [0.2, 0.25) is 0 Å². The number of aromatic nitrogens is 2. The van der Waals surface area contributed by atoms with E-state index in [1.807, 2.05) is 63.2 Å². The van der Waals surface area contributed by atoms with E-state index in [4.69, 9.17) is 0 Å². The predicted octanol–water partition coefficient (Wildman–Crippen LogP) is 3.50. The van der Waals surface area contributed by atoms with Gasteiger partial charge in [0, 0.05) is 17.8 Å². The van der Waals surface area contributed by atoms with Crippen molar-refractivity contribution in [1.29, 1.82) is 0 Å². The van der Waals surface area contributed by atoms with Crippen LogP contribution in [0.5, 0.6) is 0 Å². The smallest absolute Gasteiger partial charge is 0.258 e. The molecular formula is C23H23N5O3. The third-order valence-corrected chi connectivity index (χ3v) is 5.23. The number of H-pyrrole nitrogens is 1. The van der Waals surface area contributed by atoms with E-state index in [0.717, 1.165) is 22.4 Å². The van der Waals surface area contributed by atoms with Gasteiger partial charge in [0.1, 0.15) is 5.82 Å². The summed E-state index contributed by atoms with van der Waals surface area (Å²) in [5.74, 6) is -1.45. The van der Waals surface area contributed by atoms with Crippen molar-refractivity contribution in [2.45, 2.75) is 33.1 Å². The van der Waals surface area contributed by atoms with Crippen molar-refractivity contribution in [2.24, 2.45) is 0 Å². The SMILES string of the molecule is Cc1ccc(Nc2nc3c(c(=O)[nH]2)[C@H](C(=O)Nc2cc(C)ccc2C)CC(=O)N3)cc1. The molecule has 1 aromatic heterocycles. The Bertz CT molecular complexity index is 1230. The summed E-state index contributed by atoms with van der Waals surface area (Å²) in [6.07, 6.45) is -0.126. The van der Waals surface area contributed by atoms with Crippen molar-refractivity contribution in [3.8, 4) is 0 Å². The molecule has 0 spiro atoms. The van der Waals surface area contributed by atoms with Crippen molar-refractivity contribution in [1.82, 2.24) is 9.97 Å². The zero-order valence-corrected chi connectivity index (χ0v) is 17.5. The second-order valence-corrected chi connectivity index (χ2v) is 7.78. The molecule has 4 N–H and O–H groups in total. The third-order valence-electron chi connectivity index (χ3n) is 5.23. The molecule has 8 heteroatoms. The Kier molecular flexibility index (Phi) is 5.29. The largest absolute Gasteiger partial charge is 0.326 e. The Balaban J connectivity index is 1.65. The number of carbonyl (C=O) groups excluding carboxylic acids is 2. The predicted molar refractivity (Wildman–Crippen MR) is 120 cm³/mol. The normalized spacial score (nSPS) is 15.1. The van der Waals surface area contributed by atoms with E-state index in [2.05, 4.69) is 25.9 Å². The Labute approximate surface area is 179 Å². The minimum Gasteiger partial charge on any atom is -0.326 e. The highest BCUT2D eigenvalue weighted by Crippen LogP contribution is 2.30. The molecule has 0 radical (unpaired) electrons. The lowest BCUT2D eigenvalue weighted by Gasteiger charge is -2.24. The van der Waals surface area contributed by atoms with Crippen LogP contribution in [0.1, 0.15) is 34.6 Å². The first-order valence-corrected chi connectivity index (χ1v) is 9.96. The molecule has 158 valence electrons. The van der Waals surface area contributed by atoms with E-state index < -0.39 is 17.4 Å². The number of benzene rings is 2. The van der Waals surface area contributed by atoms with Gasteiger partial charge >= 0.3 is 0 Å². The van der Waals surface area contributed by atoms with Crippen LogP contribution in [0.3, 0.4) is 0 Å². The topological polar surface area (TPSA) is 116 Å². The summed E-state index contributed by atoms with van der Waals surface area (Å²) in [6, 6.07) is 13.3. The number of hydrogen-bond acceptors (Lipinski definition) is 5. The molecule has 0 saturated carbocycles. The van der Waals surface area contributed by atoms with Gasteiger partial charge in [0.15, 0.2) is 0 Å². The lowest BCUT2D eigenvalue weighted by Crippen LogP contribution is -2.36. The van der Waals surface area contributed by atoms with E-state index in [1.54, 1.807) is 0 Å². The zero-order valence-electron chi connectivity index (χ0n) is 17.5. The Hall–Kier alpha value is -3.94. The molecule has 1 atom stereocenters. The minimum absolute atomic E-state index is 0.0933. The quantitative estimate of drug-likeness (QED) is 0.518. The highest BCUT2D eigenvalue weighted by molar-refractivity contribution is 6.04. The molecule has 31 heavy (non-hydrogen) atoms. The Morgan fingerprint density at radius 3 is 2.48 bits per heavy atom. The van der Waals surface area contributed by atoms with Crippen LogP contribution in [0.15, 0.2) is 47.3 Å². The summed E-state index contributed by atoms with van der Waals surface area (Å²) < 4.78 is 0. The fraction of sp³-hybridized carbons (Fsp3) is 0.217. The summed E-state index contributed by atoms with van der Waals surface area (Å²) in [4.78, 5) is 45.1. The van der Waals surface area contributed by atoms with E-state index in [9.17, 15) is 14.4 Å². The van der Waals surface area contributed by atoms with Crippen molar-refractivity contribution < 1.29 is 9.59 Å². The zero-order chi connectivity index (χ0) is 22.1. The molecule has 0 unspecified atom stereocenters. The number of aryl methyl sites for hydroxylation is 3. The molecule has 8 nitrogen and oxygen atoms in total. The second-order valence-electron chi connectivity index (χ2n) is 7.78. The molecule has 1 aliphatic heterocycles. The van der Waals surface area contributed by atoms with Gasteiger partial charge in [-0.15, -0.1) is 0 Å². The van der Waals surface area contributed by atoms with Gasteiger partial charge in [0.25, 0.3) is 5.56 Å². The van der Waals surface area contributed by atoms with E-state index in [0.29, 0.717) is 5.69 Å². The van der Waals surface area contributed by atoms with Crippen LogP contribution >= 0.6 is 0 Å². The van der Waals surface area contributed by atoms with E-state index in [1.165, 1.54) is 0 Å². The molecule has 2 amide bonds. The summed E-state index contributed by atoms with van der Waals surface area (Å²) in [5.41, 5.74) is 4.05. The summed E-state index contributed by atoms with van der Waals surface area (Å²) in [5, 5.41) is 8.49. The van der Waals surface area contributed by atoms with Crippen LogP contribution in [-0.2, 0) is 9.59 Å². The van der Waals surface area contributed by atoms with Gasteiger partial charge in [-0.2, -0.15) is 4.98 Å². The maximum absolute atomic E-state index is 13.0. The molecule has 0 fully saturated rings. The van der Waals surface area contributed by atoms with Gasteiger partial charge in [-0.3, -0.25) is 19.4 Å². The summed E-state index contributed by atoms with van der Waals surface area (Å²) in [7, 11) is 0. The van der Waals surface area contributed by atoms with Gasteiger partial charge in [-0.05, 0) is 50.1 Å². The Morgan fingerprint density at radius 1 is 1.03 bits per heavy atom. The second kappa shape index (κ2) is 8.06. The van der Waals surface area contributed by atoms with Crippen LogP contribution in [0.25, 0.3) is 0 Å². The van der Waals surface area contributed by atoms with Gasteiger partial charge in [0.05, 0.1) is 11.5 Å². The average molecular weight is 417 g/mol. The Morgan fingerprint density at radius 2 is 1.74 bits per heavy atom. The number of rotatable bonds is 4. The average Bonchev–Trinajstić information content (AvgIpc) is 2.71. The maximum atomic E-state index is 13.0. The molecule has 2 aromatic carbocycles. The fourth-order valence-electron chi connectivity index (χ4n) is 3.52.